The summed E-state index contributed by atoms with van der Waals surface area (Å²) in [5.74, 6) is 0.195. The summed E-state index contributed by atoms with van der Waals surface area (Å²) in [5, 5.41) is 15.6. The highest BCUT2D eigenvalue weighted by Gasteiger charge is 2.11. The minimum Gasteiger partial charge on any atom is -0.396 e. The quantitative estimate of drug-likeness (QED) is 0.650. The van der Waals surface area contributed by atoms with Crippen molar-refractivity contribution in [3.05, 3.63) is 28.2 Å². The van der Waals surface area contributed by atoms with Gasteiger partial charge in [0.2, 0.25) is 5.91 Å². The highest BCUT2D eigenvalue weighted by atomic mass is 35.5. The van der Waals surface area contributed by atoms with E-state index >= 15 is 0 Å². The van der Waals surface area contributed by atoms with Gasteiger partial charge in [-0.05, 0) is 37.4 Å². The molecule has 1 atom stereocenters. The van der Waals surface area contributed by atoms with Gasteiger partial charge in [0.25, 0.3) is 0 Å². The molecule has 0 aliphatic rings. The number of para-hydroxylation sites is 1. The Kier molecular flexibility index (Phi) is 8.69. The Morgan fingerprint density at radius 1 is 1.29 bits per heavy atom. The molecule has 1 aromatic rings. The van der Waals surface area contributed by atoms with Gasteiger partial charge in [-0.3, -0.25) is 4.79 Å². The van der Waals surface area contributed by atoms with Crippen molar-refractivity contribution in [1.82, 2.24) is 5.32 Å². The number of carbonyl (C=O) groups excluding carboxylic acids is 1. The Labute approximate surface area is 135 Å². The maximum absolute atomic E-state index is 11.9. The molecule has 0 aromatic heterocycles. The molecule has 1 unspecified atom stereocenters. The molecule has 0 saturated carbocycles. The van der Waals surface area contributed by atoms with Crippen LogP contribution in [0, 0.1) is 5.92 Å². The van der Waals surface area contributed by atoms with Crippen molar-refractivity contribution in [3.63, 3.8) is 0 Å². The highest BCUT2D eigenvalue weighted by Crippen LogP contribution is 2.29. The molecule has 0 aliphatic carbocycles. The first-order valence-electron chi connectivity index (χ1n) is 7.13. The summed E-state index contributed by atoms with van der Waals surface area (Å²) in [6, 6.07) is 5.08. The van der Waals surface area contributed by atoms with Crippen molar-refractivity contribution in [2.24, 2.45) is 5.92 Å². The van der Waals surface area contributed by atoms with Gasteiger partial charge in [-0.2, -0.15) is 0 Å². The number of aliphatic hydroxyl groups is 1. The number of hydrogen-bond acceptors (Lipinski definition) is 3. The molecule has 0 radical (unpaired) electrons. The zero-order valence-corrected chi connectivity index (χ0v) is 13.7. The summed E-state index contributed by atoms with van der Waals surface area (Å²) < 4.78 is 0. The molecule has 118 valence electrons. The van der Waals surface area contributed by atoms with E-state index in [2.05, 4.69) is 17.6 Å². The lowest BCUT2D eigenvalue weighted by atomic mass is 10.0. The van der Waals surface area contributed by atoms with Crippen LogP contribution in [0.2, 0.25) is 10.0 Å². The van der Waals surface area contributed by atoms with Crippen LogP contribution in [0.15, 0.2) is 18.2 Å². The summed E-state index contributed by atoms with van der Waals surface area (Å²) in [4.78, 5) is 11.9. The Hall–Kier alpha value is -0.810. The van der Waals surface area contributed by atoms with Gasteiger partial charge in [-0.25, -0.2) is 0 Å². The average Bonchev–Trinajstić information content (AvgIpc) is 2.43. The summed E-state index contributed by atoms with van der Waals surface area (Å²) >= 11 is 12.0. The Bertz CT molecular complexity index is 429. The second-order valence-corrected chi connectivity index (χ2v) is 5.76. The van der Waals surface area contributed by atoms with E-state index in [-0.39, 0.29) is 19.1 Å². The lowest BCUT2D eigenvalue weighted by molar-refractivity contribution is -0.115. The maximum atomic E-state index is 11.9. The molecule has 1 aromatic carbocycles. The van der Waals surface area contributed by atoms with Crippen LogP contribution in [0.25, 0.3) is 0 Å². The number of hydrogen-bond donors (Lipinski definition) is 3. The molecule has 0 spiro atoms. The van der Waals surface area contributed by atoms with Gasteiger partial charge < -0.3 is 15.7 Å². The first-order chi connectivity index (χ1) is 10.1. The lowest BCUT2D eigenvalue weighted by Gasteiger charge is -2.16. The second-order valence-electron chi connectivity index (χ2n) is 4.94. The van der Waals surface area contributed by atoms with E-state index in [4.69, 9.17) is 28.3 Å². The largest absolute Gasteiger partial charge is 0.396 e. The summed E-state index contributed by atoms with van der Waals surface area (Å²) in [6.45, 7) is 3.18. The standard InChI is InChI=1S/C15H22Cl2N2O2/c1-2-4-11(7-8-20)9-18-10-14(21)19-15-12(16)5-3-6-13(15)17/h3,5-6,11,18,20H,2,4,7-10H2,1H3,(H,19,21). The van der Waals surface area contributed by atoms with Gasteiger partial charge in [0.1, 0.15) is 0 Å². The van der Waals surface area contributed by atoms with E-state index in [1.165, 1.54) is 0 Å². The van der Waals surface area contributed by atoms with Crippen LogP contribution in [0.3, 0.4) is 0 Å². The topological polar surface area (TPSA) is 61.4 Å². The second kappa shape index (κ2) is 10.0. The SMILES string of the molecule is CCCC(CCO)CNCC(=O)Nc1c(Cl)cccc1Cl. The molecule has 6 heteroatoms. The van der Waals surface area contributed by atoms with Crippen LogP contribution in [0.4, 0.5) is 5.69 Å². The maximum Gasteiger partial charge on any atom is 0.238 e. The minimum atomic E-state index is -0.191. The van der Waals surface area contributed by atoms with Crippen molar-refractivity contribution in [3.8, 4) is 0 Å². The normalized spacial score (nSPS) is 12.2. The van der Waals surface area contributed by atoms with Crippen LogP contribution >= 0.6 is 23.2 Å². The van der Waals surface area contributed by atoms with Crippen molar-refractivity contribution in [2.75, 3.05) is 25.0 Å². The third-order valence-electron chi connectivity index (χ3n) is 3.18. The van der Waals surface area contributed by atoms with Gasteiger partial charge in [-0.15, -0.1) is 0 Å². The molecule has 3 N–H and O–H groups in total. The Morgan fingerprint density at radius 3 is 2.52 bits per heavy atom. The van der Waals surface area contributed by atoms with Gasteiger partial charge in [-0.1, -0.05) is 42.6 Å². The summed E-state index contributed by atoms with van der Waals surface area (Å²) in [7, 11) is 0. The third kappa shape index (κ3) is 6.66. The third-order valence-corrected chi connectivity index (χ3v) is 3.81. The van der Waals surface area contributed by atoms with Gasteiger partial charge in [0.15, 0.2) is 0 Å². The molecular weight excluding hydrogens is 311 g/mol. The first-order valence-corrected chi connectivity index (χ1v) is 7.89. The number of benzene rings is 1. The van der Waals surface area contributed by atoms with Crippen LogP contribution in [-0.2, 0) is 4.79 Å². The van der Waals surface area contributed by atoms with Gasteiger partial charge in [0, 0.05) is 6.61 Å². The monoisotopic (exact) mass is 332 g/mol. The van der Waals surface area contributed by atoms with Crippen LogP contribution in [-0.4, -0.2) is 30.7 Å². The molecule has 1 rings (SSSR count). The van der Waals surface area contributed by atoms with E-state index in [0.29, 0.717) is 28.2 Å². The zero-order chi connectivity index (χ0) is 15.7. The van der Waals surface area contributed by atoms with Crippen LogP contribution < -0.4 is 10.6 Å². The number of aliphatic hydroxyl groups excluding tert-OH is 1. The summed E-state index contributed by atoms with van der Waals surface area (Å²) in [5.41, 5.74) is 0.438. The lowest BCUT2D eigenvalue weighted by Crippen LogP contribution is -2.32. The molecule has 0 bridgehead atoms. The minimum absolute atomic E-state index is 0.174. The fourth-order valence-corrected chi connectivity index (χ4v) is 2.62. The molecule has 1 amide bonds. The van der Waals surface area contributed by atoms with Gasteiger partial charge >= 0.3 is 0 Å². The number of nitrogens with one attached hydrogen (secondary N) is 2. The predicted molar refractivity (Wildman–Crippen MR) is 88.1 cm³/mol. The van der Waals surface area contributed by atoms with Crippen LogP contribution in [0.5, 0.6) is 0 Å². The van der Waals surface area contributed by atoms with Crippen LogP contribution in [0.1, 0.15) is 26.2 Å². The fraction of sp³-hybridized carbons (Fsp3) is 0.533. The van der Waals surface area contributed by atoms with Crippen molar-refractivity contribution in [2.45, 2.75) is 26.2 Å². The Morgan fingerprint density at radius 2 is 1.95 bits per heavy atom. The van der Waals surface area contributed by atoms with Crippen molar-refractivity contribution >= 4 is 34.8 Å². The first kappa shape index (κ1) is 18.2. The predicted octanol–water partition coefficient (Wildman–Crippen LogP) is 3.32. The number of anilines is 1. The number of rotatable bonds is 9. The molecule has 0 fully saturated rings. The average molecular weight is 333 g/mol. The Balaban J connectivity index is 2.40. The van der Waals surface area contributed by atoms with E-state index in [1.54, 1.807) is 18.2 Å². The molecule has 0 saturated heterocycles. The summed E-state index contributed by atoms with van der Waals surface area (Å²) in [6.07, 6.45) is 2.85. The van der Waals surface area contributed by atoms with Crippen molar-refractivity contribution in [1.29, 1.82) is 0 Å². The van der Waals surface area contributed by atoms with Crippen molar-refractivity contribution < 1.29 is 9.90 Å². The highest BCUT2D eigenvalue weighted by molar-refractivity contribution is 6.39. The smallest absolute Gasteiger partial charge is 0.238 e. The fourth-order valence-electron chi connectivity index (χ4n) is 2.13. The van der Waals surface area contributed by atoms with E-state index in [9.17, 15) is 4.79 Å². The van der Waals surface area contributed by atoms with E-state index in [0.717, 1.165) is 19.3 Å². The molecule has 4 nitrogen and oxygen atoms in total. The molecule has 21 heavy (non-hydrogen) atoms. The number of halogens is 2. The zero-order valence-electron chi connectivity index (χ0n) is 12.2. The number of amides is 1. The molecule has 0 aliphatic heterocycles. The van der Waals surface area contributed by atoms with E-state index in [1.807, 2.05) is 0 Å². The molecule has 0 heterocycles. The van der Waals surface area contributed by atoms with Gasteiger partial charge in [0.05, 0.1) is 22.3 Å². The molecular formula is C15H22Cl2N2O2. The number of carbonyl (C=O) groups is 1. The van der Waals surface area contributed by atoms with E-state index < -0.39 is 0 Å².